The monoisotopic (exact) mass is 424 g/mol. The van der Waals surface area contributed by atoms with Crippen LogP contribution in [0.15, 0.2) is 23.2 Å². The molecule has 3 rings (SSSR count). The number of nitrogens with zero attached hydrogens (tertiary/aromatic N) is 2. The summed E-state index contributed by atoms with van der Waals surface area (Å²) in [5, 5.41) is 9.95. The van der Waals surface area contributed by atoms with Crippen molar-refractivity contribution in [2.75, 3.05) is 52.4 Å². The summed E-state index contributed by atoms with van der Waals surface area (Å²) in [6.45, 7) is 3.98. The average Bonchev–Trinajstić information content (AvgIpc) is 3.13. The summed E-state index contributed by atoms with van der Waals surface area (Å²) in [5.41, 5.74) is -0.699. The predicted molar refractivity (Wildman–Crippen MR) is 107 cm³/mol. The number of hydrogen-bond donors (Lipinski definition) is 1. The molecule has 0 saturated carbocycles. The maximum atomic E-state index is 12.7. The van der Waals surface area contributed by atoms with Crippen LogP contribution in [0.5, 0.6) is 11.5 Å². The van der Waals surface area contributed by atoms with Gasteiger partial charge in [0.2, 0.25) is 0 Å². The van der Waals surface area contributed by atoms with Crippen molar-refractivity contribution in [3.8, 4) is 11.5 Å². The van der Waals surface area contributed by atoms with Crippen LogP contribution in [-0.2, 0) is 14.3 Å². The SMILES string of the molecule is COCCOc1cccc(C2=N[C@@](C)(C(=O)O)CS2)c1OC(=O)N1CCOCC1. The van der Waals surface area contributed by atoms with Gasteiger partial charge in [-0.15, -0.1) is 11.8 Å². The molecule has 1 fully saturated rings. The van der Waals surface area contributed by atoms with Crippen LogP contribution in [0.4, 0.5) is 4.79 Å². The van der Waals surface area contributed by atoms with Gasteiger partial charge in [0, 0.05) is 26.0 Å². The average molecular weight is 424 g/mol. The molecule has 1 aromatic rings. The number of methoxy groups -OCH3 is 1. The Labute approximate surface area is 173 Å². The largest absolute Gasteiger partial charge is 0.487 e. The number of amides is 1. The fourth-order valence-corrected chi connectivity index (χ4v) is 3.97. The number of para-hydroxylation sites is 1. The highest BCUT2D eigenvalue weighted by atomic mass is 32.2. The van der Waals surface area contributed by atoms with Gasteiger partial charge >= 0.3 is 12.1 Å². The van der Waals surface area contributed by atoms with E-state index in [0.29, 0.717) is 55.0 Å². The first kappa shape index (κ1) is 21.4. The molecule has 29 heavy (non-hydrogen) atoms. The van der Waals surface area contributed by atoms with Gasteiger partial charge in [0.25, 0.3) is 0 Å². The Hall–Kier alpha value is -2.30. The second kappa shape index (κ2) is 9.47. The van der Waals surface area contributed by atoms with Crippen molar-refractivity contribution in [2.45, 2.75) is 12.5 Å². The first-order valence-electron chi connectivity index (χ1n) is 9.20. The van der Waals surface area contributed by atoms with Crippen LogP contribution in [0.3, 0.4) is 0 Å². The topological polar surface area (TPSA) is 107 Å². The smallest absolute Gasteiger partial charge is 0.415 e. The van der Waals surface area contributed by atoms with Gasteiger partial charge in [0.15, 0.2) is 17.0 Å². The zero-order valence-electron chi connectivity index (χ0n) is 16.4. The van der Waals surface area contributed by atoms with E-state index in [1.165, 1.54) is 11.8 Å². The number of benzene rings is 1. The highest BCUT2D eigenvalue weighted by Crippen LogP contribution is 2.39. The maximum Gasteiger partial charge on any atom is 0.415 e. The van der Waals surface area contributed by atoms with Crippen molar-refractivity contribution in [2.24, 2.45) is 4.99 Å². The van der Waals surface area contributed by atoms with Gasteiger partial charge in [-0.2, -0.15) is 0 Å². The van der Waals surface area contributed by atoms with Gasteiger partial charge < -0.3 is 29.0 Å². The van der Waals surface area contributed by atoms with Gasteiger partial charge in [-0.3, -0.25) is 4.99 Å². The highest BCUT2D eigenvalue weighted by molar-refractivity contribution is 8.14. The highest BCUT2D eigenvalue weighted by Gasteiger charge is 2.39. The lowest BCUT2D eigenvalue weighted by atomic mass is 10.1. The molecule has 10 heteroatoms. The molecule has 0 spiro atoms. The lowest BCUT2D eigenvalue weighted by Gasteiger charge is -2.26. The second-order valence-corrected chi connectivity index (χ2v) is 7.69. The number of rotatable bonds is 7. The molecule has 0 radical (unpaired) electrons. The van der Waals surface area contributed by atoms with E-state index in [9.17, 15) is 14.7 Å². The molecule has 2 aliphatic heterocycles. The third kappa shape index (κ3) is 5.01. The van der Waals surface area contributed by atoms with Crippen LogP contribution in [-0.4, -0.2) is 85.0 Å². The molecule has 1 N–H and O–H groups in total. The fraction of sp³-hybridized carbons (Fsp3) is 0.526. The lowest BCUT2D eigenvalue weighted by Crippen LogP contribution is -2.42. The molecule has 9 nitrogen and oxygen atoms in total. The molecule has 158 valence electrons. The van der Waals surface area contributed by atoms with Crippen molar-refractivity contribution in [1.29, 1.82) is 0 Å². The molecule has 1 amide bonds. The molecule has 0 aromatic heterocycles. The number of carboxylic acid groups (broad SMARTS) is 1. The minimum Gasteiger partial charge on any atom is -0.487 e. The zero-order valence-corrected chi connectivity index (χ0v) is 17.2. The summed E-state index contributed by atoms with van der Waals surface area (Å²) in [6, 6.07) is 5.19. The van der Waals surface area contributed by atoms with E-state index in [-0.39, 0.29) is 12.4 Å². The molecule has 2 heterocycles. The van der Waals surface area contributed by atoms with E-state index in [4.69, 9.17) is 18.9 Å². The lowest BCUT2D eigenvalue weighted by molar-refractivity contribution is -0.141. The van der Waals surface area contributed by atoms with E-state index in [2.05, 4.69) is 4.99 Å². The van der Waals surface area contributed by atoms with Gasteiger partial charge in [-0.1, -0.05) is 6.07 Å². The minimum absolute atomic E-state index is 0.223. The van der Waals surface area contributed by atoms with Gasteiger partial charge in [0.1, 0.15) is 11.7 Å². The van der Waals surface area contributed by atoms with E-state index in [1.54, 1.807) is 37.1 Å². The number of carbonyl (C=O) groups is 2. The molecular formula is C19H24N2O7S. The molecule has 1 atom stereocenters. The summed E-state index contributed by atoms with van der Waals surface area (Å²) in [5.74, 6) is -0.114. The summed E-state index contributed by atoms with van der Waals surface area (Å²) in [4.78, 5) is 30.2. The maximum absolute atomic E-state index is 12.7. The molecule has 0 aliphatic carbocycles. The Morgan fingerprint density at radius 1 is 1.31 bits per heavy atom. The Balaban J connectivity index is 1.92. The van der Waals surface area contributed by atoms with Gasteiger partial charge in [-0.25, -0.2) is 9.59 Å². The quantitative estimate of drug-likeness (QED) is 0.661. The number of ether oxygens (including phenoxy) is 4. The Bertz CT molecular complexity index is 795. The summed E-state index contributed by atoms with van der Waals surface area (Å²) >= 11 is 1.31. The van der Waals surface area contributed by atoms with Crippen LogP contribution in [0.2, 0.25) is 0 Å². The molecular weight excluding hydrogens is 400 g/mol. The minimum atomic E-state index is -1.22. The first-order valence-corrected chi connectivity index (χ1v) is 10.2. The number of hydrogen-bond acceptors (Lipinski definition) is 8. The van der Waals surface area contributed by atoms with E-state index in [0.717, 1.165) is 0 Å². The van der Waals surface area contributed by atoms with Crippen LogP contribution in [0.25, 0.3) is 0 Å². The standard InChI is InChI=1S/C19H24N2O7S/c1-19(17(22)23)12-29-16(20-19)13-4-3-5-14(27-11-10-25-2)15(13)28-18(24)21-6-8-26-9-7-21/h3-5H,6-12H2,1-2H3,(H,22,23)/t19-/m1/s1. The first-order chi connectivity index (χ1) is 13.9. The Morgan fingerprint density at radius 2 is 2.07 bits per heavy atom. The van der Waals surface area contributed by atoms with Crippen molar-refractivity contribution in [3.63, 3.8) is 0 Å². The zero-order chi connectivity index (χ0) is 20.9. The van der Waals surface area contributed by atoms with Crippen LogP contribution in [0, 0.1) is 0 Å². The van der Waals surface area contributed by atoms with E-state index >= 15 is 0 Å². The van der Waals surface area contributed by atoms with Gasteiger partial charge in [-0.05, 0) is 19.1 Å². The van der Waals surface area contributed by atoms with Gasteiger partial charge in [0.05, 0.1) is 25.4 Å². The molecule has 1 aromatic carbocycles. The number of aliphatic carboxylic acids is 1. The number of morpholine rings is 1. The normalized spacial score (nSPS) is 21.6. The van der Waals surface area contributed by atoms with Crippen molar-refractivity contribution >= 4 is 28.9 Å². The van der Waals surface area contributed by atoms with E-state index < -0.39 is 17.6 Å². The number of carboxylic acids is 1. The number of thioether (sulfide) groups is 1. The Morgan fingerprint density at radius 3 is 2.72 bits per heavy atom. The Kier molecular flexibility index (Phi) is 6.99. The number of aliphatic imine (C=N–C) groups is 1. The predicted octanol–water partition coefficient (Wildman–Crippen LogP) is 1.88. The molecule has 0 unspecified atom stereocenters. The van der Waals surface area contributed by atoms with Crippen molar-refractivity contribution < 1.29 is 33.6 Å². The fourth-order valence-electron chi connectivity index (χ4n) is 2.78. The third-order valence-electron chi connectivity index (χ3n) is 4.51. The summed E-state index contributed by atoms with van der Waals surface area (Å²) in [7, 11) is 1.57. The second-order valence-electron chi connectivity index (χ2n) is 6.73. The number of carbonyl (C=O) groups excluding carboxylic acids is 1. The summed E-state index contributed by atoms with van der Waals surface area (Å²) < 4.78 is 21.7. The van der Waals surface area contributed by atoms with Crippen LogP contribution >= 0.6 is 11.8 Å². The van der Waals surface area contributed by atoms with Crippen LogP contribution < -0.4 is 9.47 Å². The third-order valence-corrected chi connectivity index (χ3v) is 5.80. The molecule has 1 saturated heterocycles. The summed E-state index contributed by atoms with van der Waals surface area (Å²) in [6.07, 6.45) is -0.512. The van der Waals surface area contributed by atoms with Crippen molar-refractivity contribution in [1.82, 2.24) is 4.90 Å². The molecule has 2 aliphatic rings. The van der Waals surface area contributed by atoms with Crippen LogP contribution in [0.1, 0.15) is 12.5 Å². The van der Waals surface area contributed by atoms with Crippen molar-refractivity contribution in [3.05, 3.63) is 23.8 Å². The van der Waals surface area contributed by atoms with E-state index in [1.807, 2.05) is 0 Å². The molecule has 0 bridgehead atoms.